The predicted octanol–water partition coefficient (Wildman–Crippen LogP) is 4.69. The van der Waals surface area contributed by atoms with E-state index < -0.39 is 19.2 Å². The maximum atomic E-state index is 12.6. The molecular weight excluding hydrogens is 391 g/mol. The van der Waals surface area contributed by atoms with E-state index in [-0.39, 0.29) is 12.2 Å². The van der Waals surface area contributed by atoms with Crippen molar-refractivity contribution in [1.29, 1.82) is 10.5 Å². The Morgan fingerprint density at radius 1 is 0.966 bits per heavy atom. The molecule has 0 saturated heterocycles. The molecule has 7 nitrogen and oxygen atoms in total. The van der Waals surface area contributed by atoms with Gasteiger partial charge >= 0.3 is 13.8 Å². The first kappa shape index (κ1) is 22.2. The van der Waals surface area contributed by atoms with Crippen LogP contribution in [0.5, 0.6) is 0 Å². The van der Waals surface area contributed by atoms with E-state index in [0.717, 1.165) is 14.2 Å². The minimum atomic E-state index is -4.04. The Morgan fingerprint density at radius 2 is 1.45 bits per heavy atom. The number of ether oxygens (including phenoxy) is 1. The zero-order chi connectivity index (χ0) is 21.3. The van der Waals surface area contributed by atoms with Crippen molar-refractivity contribution in [2.24, 2.45) is 0 Å². The van der Waals surface area contributed by atoms with E-state index in [1.165, 1.54) is 0 Å². The zero-order valence-corrected chi connectivity index (χ0v) is 17.3. The molecule has 0 spiro atoms. The molecule has 0 aromatic heterocycles. The van der Waals surface area contributed by atoms with Gasteiger partial charge in [-0.15, -0.1) is 0 Å². The molecule has 2 aromatic carbocycles. The fourth-order valence-electron chi connectivity index (χ4n) is 2.83. The molecule has 0 bridgehead atoms. The molecule has 0 amide bonds. The molecule has 0 N–H and O–H groups in total. The second-order valence-corrected chi connectivity index (χ2v) is 7.51. The lowest BCUT2D eigenvalue weighted by Crippen LogP contribution is -2.30. The lowest BCUT2D eigenvalue weighted by atomic mass is 9.70. The Labute approximate surface area is 170 Å². The van der Waals surface area contributed by atoms with Crippen molar-refractivity contribution < 1.29 is 22.9 Å². The van der Waals surface area contributed by atoms with Crippen LogP contribution < -0.4 is 0 Å². The monoisotopic (exact) mass is 412 g/mol. The van der Waals surface area contributed by atoms with Crippen LogP contribution in [0.4, 0.5) is 0 Å². The van der Waals surface area contributed by atoms with Gasteiger partial charge in [0.1, 0.15) is 17.1 Å². The Bertz CT molecular complexity index is 930. The van der Waals surface area contributed by atoms with Crippen LogP contribution >= 0.6 is 7.82 Å². The minimum Gasteiger partial charge on any atom is -0.465 e. The van der Waals surface area contributed by atoms with Gasteiger partial charge in [0.05, 0.1) is 12.7 Å². The summed E-state index contributed by atoms with van der Waals surface area (Å²) in [5, 5.41) is 20.4. The Morgan fingerprint density at radius 3 is 1.79 bits per heavy atom. The fourth-order valence-corrected chi connectivity index (χ4v) is 3.47. The second-order valence-electron chi connectivity index (χ2n) is 5.70. The molecule has 0 aliphatic heterocycles. The van der Waals surface area contributed by atoms with Gasteiger partial charge in [0.25, 0.3) is 0 Å². The summed E-state index contributed by atoms with van der Waals surface area (Å²) in [5.41, 5.74) is -0.700. The third-order valence-corrected chi connectivity index (χ3v) is 5.47. The Hall–Kier alpha value is -3.09. The van der Waals surface area contributed by atoms with E-state index in [1.54, 1.807) is 67.6 Å². The summed E-state index contributed by atoms with van der Waals surface area (Å²) >= 11 is 0. The lowest BCUT2D eigenvalue weighted by Gasteiger charge is -2.29. The molecule has 150 valence electrons. The molecule has 0 saturated carbocycles. The van der Waals surface area contributed by atoms with E-state index in [4.69, 9.17) is 18.3 Å². The summed E-state index contributed by atoms with van der Waals surface area (Å²) in [5.74, 6) is -0.392. The van der Waals surface area contributed by atoms with Crippen molar-refractivity contribution in [2.45, 2.75) is 12.3 Å². The largest absolute Gasteiger partial charge is 0.531 e. The van der Waals surface area contributed by atoms with Gasteiger partial charge in [-0.25, -0.2) is 4.57 Å². The summed E-state index contributed by atoms with van der Waals surface area (Å²) in [7, 11) is -1.75. The van der Waals surface area contributed by atoms with Crippen LogP contribution in [-0.4, -0.2) is 20.8 Å². The summed E-state index contributed by atoms with van der Waals surface area (Å²) in [6.45, 7) is 1.76. The third kappa shape index (κ3) is 4.50. The van der Waals surface area contributed by atoms with Gasteiger partial charge in [0.2, 0.25) is 0 Å². The first-order valence-electron chi connectivity index (χ1n) is 8.72. The average molecular weight is 412 g/mol. The fraction of sp³-hybridized carbons (Fsp3) is 0.238. The number of phosphoric ester groups is 1. The number of phosphoric acid groups is 1. The Kier molecular flexibility index (Phi) is 7.59. The molecule has 0 aliphatic rings. The molecule has 0 aliphatic carbocycles. The van der Waals surface area contributed by atoms with Gasteiger partial charge in [-0.1, -0.05) is 60.7 Å². The van der Waals surface area contributed by atoms with Crippen LogP contribution in [0, 0.1) is 22.7 Å². The smallest absolute Gasteiger partial charge is 0.465 e. The van der Waals surface area contributed by atoms with Crippen LogP contribution in [0.1, 0.15) is 18.1 Å². The Balaban J connectivity index is 2.88. The van der Waals surface area contributed by atoms with Crippen molar-refractivity contribution in [2.75, 3.05) is 20.8 Å². The first-order chi connectivity index (χ1) is 14.0. The molecule has 2 rings (SSSR count). The van der Waals surface area contributed by atoms with Crippen molar-refractivity contribution in [3.8, 4) is 12.1 Å². The molecule has 8 heteroatoms. The highest BCUT2D eigenvalue weighted by atomic mass is 31.2. The standard InChI is InChI=1S/C21H21N2O5P/c1-4-27-20(28-29(24,25-2)26-3)19(15-22)21(16-23,17-11-7-5-8-12-17)18-13-9-6-10-14-18/h5-14H,4H2,1-3H3/b20-19+. The highest BCUT2D eigenvalue weighted by molar-refractivity contribution is 7.48. The molecule has 0 heterocycles. The summed E-state index contributed by atoms with van der Waals surface area (Å²) in [4.78, 5) is 0. The number of nitriles is 2. The topological polar surface area (TPSA) is 102 Å². The second kappa shape index (κ2) is 9.91. The summed E-state index contributed by atoms with van der Waals surface area (Å²) in [6, 6.07) is 21.8. The predicted molar refractivity (Wildman–Crippen MR) is 106 cm³/mol. The van der Waals surface area contributed by atoms with Gasteiger partial charge in [0, 0.05) is 14.2 Å². The van der Waals surface area contributed by atoms with E-state index in [9.17, 15) is 15.1 Å². The van der Waals surface area contributed by atoms with E-state index in [0.29, 0.717) is 11.1 Å². The number of nitrogens with zero attached hydrogens (tertiary/aromatic N) is 2. The molecule has 0 radical (unpaired) electrons. The maximum absolute atomic E-state index is 12.6. The van der Waals surface area contributed by atoms with Crippen LogP contribution in [0.2, 0.25) is 0 Å². The van der Waals surface area contributed by atoms with E-state index in [1.807, 2.05) is 6.07 Å². The summed E-state index contributed by atoms with van der Waals surface area (Å²) in [6.07, 6.45) is 0. The molecule has 0 atom stereocenters. The highest BCUT2D eigenvalue weighted by Crippen LogP contribution is 2.52. The van der Waals surface area contributed by atoms with Crippen molar-refractivity contribution in [3.05, 3.63) is 83.3 Å². The zero-order valence-electron chi connectivity index (χ0n) is 16.4. The molecule has 29 heavy (non-hydrogen) atoms. The van der Waals surface area contributed by atoms with Crippen LogP contribution in [-0.2, 0) is 28.3 Å². The van der Waals surface area contributed by atoms with Crippen molar-refractivity contribution in [1.82, 2.24) is 0 Å². The van der Waals surface area contributed by atoms with Gasteiger partial charge in [-0.05, 0) is 18.1 Å². The van der Waals surface area contributed by atoms with Crippen molar-refractivity contribution >= 4 is 7.82 Å². The lowest BCUT2D eigenvalue weighted by molar-refractivity contribution is 0.0738. The number of allylic oxidation sites excluding steroid dienone is 1. The molecular formula is C21H21N2O5P. The third-order valence-electron chi connectivity index (χ3n) is 4.19. The minimum absolute atomic E-state index is 0.0963. The first-order valence-corrected chi connectivity index (χ1v) is 10.2. The number of rotatable bonds is 9. The van der Waals surface area contributed by atoms with E-state index >= 15 is 0 Å². The van der Waals surface area contributed by atoms with E-state index in [2.05, 4.69) is 6.07 Å². The maximum Gasteiger partial charge on any atom is 0.531 e. The molecule has 2 aromatic rings. The van der Waals surface area contributed by atoms with Crippen molar-refractivity contribution in [3.63, 3.8) is 0 Å². The number of benzene rings is 2. The van der Waals surface area contributed by atoms with Gasteiger partial charge in [-0.3, -0.25) is 9.05 Å². The highest BCUT2D eigenvalue weighted by Gasteiger charge is 2.44. The van der Waals surface area contributed by atoms with Crippen LogP contribution in [0.3, 0.4) is 0 Å². The van der Waals surface area contributed by atoms with Crippen LogP contribution in [0.25, 0.3) is 0 Å². The normalized spacial score (nSPS) is 12.3. The van der Waals surface area contributed by atoms with Crippen LogP contribution in [0.15, 0.2) is 72.2 Å². The average Bonchev–Trinajstić information content (AvgIpc) is 2.78. The van der Waals surface area contributed by atoms with Gasteiger partial charge in [0.15, 0.2) is 0 Å². The molecule has 0 fully saturated rings. The summed E-state index contributed by atoms with van der Waals surface area (Å²) < 4.78 is 33.1. The molecule has 0 unspecified atom stereocenters. The van der Waals surface area contributed by atoms with Gasteiger partial charge in [-0.2, -0.15) is 10.5 Å². The quantitative estimate of drug-likeness (QED) is 0.335. The SMILES string of the molecule is CCO/C(OP(=O)(OC)OC)=C(/C#N)C(C#N)(c1ccccc1)c1ccccc1. The van der Waals surface area contributed by atoms with Gasteiger partial charge < -0.3 is 9.26 Å². The number of hydrogen-bond acceptors (Lipinski definition) is 7. The number of hydrogen-bond donors (Lipinski definition) is 0.